The number of rotatable bonds is 8. The number of benzene rings is 1. The second kappa shape index (κ2) is 9.96. The SMILES string of the molecule is C[C@@H](Oc1ccc2[nH]nc(-c3cnc(N4CC(N)(CCS(C)(=O)=O)C4)c(F)c3)c2c1)c1c(Cl)cncc1Cl. The summed E-state index contributed by atoms with van der Waals surface area (Å²) in [5.41, 5.74) is 7.94. The number of nitrogens with one attached hydrogen (secondary N) is 1. The smallest absolute Gasteiger partial charge is 0.166 e. The van der Waals surface area contributed by atoms with Crippen LogP contribution in [-0.4, -0.2) is 59.2 Å². The Labute approximate surface area is 229 Å². The van der Waals surface area contributed by atoms with Crippen LogP contribution in [0.25, 0.3) is 22.2 Å². The number of aromatic nitrogens is 4. The van der Waals surface area contributed by atoms with Gasteiger partial charge in [0.15, 0.2) is 11.6 Å². The molecule has 4 aromatic rings. The zero-order chi connectivity index (χ0) is 27.2. The molecule has 38 heavy (non-hydrogen) atoms. The maximum atomic E-state index is 15.1. The van der Waals surface area contributed by atoms with Crippen molar-refractivity contribution in [2.45, 2.75) is 25.0 Å². The van der Waals surface area contributed by atoms with Crippen molar-refractivity contribution >= 4 is 49.8 Å². The summed E-state index contributed by atoms with van der Waals surface area (Å²) < 4.78 is 44.1. The van der Waals surface area contributed by atoms with E-state index in [4.69, 9.17) is 33.7 Å². The maximum absolute atomic E-state index is 15.1. The molecule has 1 fully saturated rings. The molecule has 0 unspecified atom stereocenters. The van der Waals surface area contributed by atoms with Crippen molar-refractivity contribution in [1.82, 2.24) is 20.2 Å². The maximum Gasteiger partial charge on any atom is 0.166 e. The molecular formula is C25H25Cl2FN6O3S. The predicted molar refractivity (Wildman–Crippen MR) is 146 cm³/mol. The number of hydrogen-bond acceptors (Lipinski definition) is 8. The first-order valence-electron chi connectivity index (χ1n) is 11.7. The standard InChI is InChI=1S/C25H25Cl2FN6O3S/c1-14(22-18(26)10-30-11-19(22)27)37-16-3-4-21-17(8-16)23(33-32-21)15-7-20(28)24(31-9-15)34-12-25(29,13-34)5-6-38(2,35)36/h3-4,7-11,14H,5-6,12-13,29H2,1-2H3,(H,32,33)/t14-/m1/s1. The topological polar surface area (TPSA) is 127 Å². The first-order chi connectivity index (χ1) is 17.9. The van der Waals surface area contributed by atoms with Crippen LogP contribution in [0.3, 0.4) is 0 Å². The van der Waals surface area contributed by atoms with Gasteiger partial charge in [0.05, 0.1) is 26.9 Å². The molecule has 0 amide bonds. The fraction of sp³-hybridized carbons (Fsp3) is 0.320. The third kappa shape index (κ3) is 5.42. The molecule has 0 bridgehead atoms. The summed E-state index contributed by atoms with van der Waals surface area (Å²) in [6.45, 7) is 2.47. The van der Waals surface area contributed by atoms with Gasteiger partial charge in [-0.2, -0.15) is 5.10 Å². The van der Waals surface area contributed by atoms with E-state index in [9.17, 15) is 8.42 Å². The Morgan fingerprint density at radius 2 is 1.92 bits per heavy atom. The molecule has 9 nitrogen and oxygen atoms in total. The molecule has 1 atom stereocenters. The highest BCUT2D eigenvalue weighted by molar-refractivity contribution is 7.90. The lowest BCUT2D eigenvalue weighted by Crippen LogP contribution is -2.68. The van der Waals surface area contributed by atoms with Crippen LogP contribution in [0.2, 0.25) is 10.0 Å². The van der Waals surface area contributed by atoms with Crippen molar-refractivity contribution in [2.24, 2.45) is 5.73 Å². The molecule has 1 aromatic carbocycles. The Bertz CT molecular complexity index is 1600. The monoisotopic (exact) mass is 578 g/mol. The largest absolute Gasteiger partial charge is 0.486 e. The molecule has 1 aliphatic heterocycles. The molecule has 0 radical (unpaired) electrons. The summed E-state index contributed by atoms with van der Waals surface area (Å²) in [7, 11) is -3.12. The lowest BCUT2D eigenvalue weighted by molar-refractivity contribution is 0.227. The molecule has 3 aromatic heterocycles. The van der Waals surface area contributed by atoms with Gasteiger partial charge in [-0.1, -0.05) is 23.2 Å². The fourth-order valence-corrected chi connectivity index (χ4v) is 6.01. The highest BCUT2D eigenvalue weighted by Crippen LogP contribution is 2.36. The lowest BCUT2D eigenvalue weighted by Gasteiger charge is -2.48. The Hall–Kier alpha value is -2.99. The van der Waals surface area contributed by atoms with Gasteiger partial charge in [-0.25, -0.2) is 17.8 Å². The number of anilines is 1. The van der Waals surface area contributed by atoms with E-state index in [0.717, 1.165) is 10.9 Å². The van der Waals surface area contributed by atoms with Gasteiger partial charge >= 0.3 is 0 Å². The van der Waals surface area contributed by atoms with Crippen LogP contribution in [0.4, 0.5) is 10.2 Å². The van der Waals surface area contributed by atoms with Gasteiger partial charge in [-0.3, -0.25) is 10.1 Å². The molecule has 1 saturated heterocycles. The van der Waals surface area contributed by atoms with Crippen LogP contribution in [0, 0.1) is 5.82 Å². The van der Waals surface area contributed by atoms with Crippen molar-refractivity contribution in [3.05, 3.63) is 64.3 Å². The highest BCUT2D eigenvalue weighted by Gasteiger charge is 2.41. The van der Waals surface area contributed by atoms with E-state index >= 15 is 4.39 Å². The van der Waals surface area contributed by atoms with Gasteiger partial charge in [0.25, 0.3) is 0 Å². The Balaban J connectivity index is 1.35. The minimum absolute atomic E-state index is 0.00840. The molecule has 200 valence electrons. The second-order valence-electron chi connectivity index (χ2n) is 9.68. The summed E-state index contributed by atoms with van der Waals surface area (Å²) in [5, 5.41) is 8.85. The average molecular weight is 579 g/mol. The summed E-state index contributed by atoms with van der Waals surface area (Å²) in [5.74, 6) is 0.186. The van der Waals surface area contributed by atoms with Crippen LogP contribution < -0.4 is 15.4 Å². The number of H-pyrrole nitrogens is 1. The van der Waals surface area contributed by atoms with E-state index in [0.29, 0.717) is 52.1 Å². The summed E-state index contributed by atoms with van der Waals surface area (Å²) in [6.07, 6.45) is 5.60. The molecule has 13 heteroatoms. The number of hydrogen-bond donors (Lipinski definition) is 2. The zero-order valence-corrected chi connectivity index (χ0v) is 22.9. The zero-order valence-electron chi connectivity index (χ0n) is 20.6. The average Bonchev–Trinajstić information content (AvgIpc) is 3.24. The summed E-state index contributed by atoms with van der Waals surface area (Å²) in [4.78, 5) is 10.00. The lowest BCUT2D eigenvalue weighted by atomic mass is 9.88. The number of fused-ring (bicyclic) bond motifs is 1. The Morgan fingerprint density at radius 1 is 1.21 bits per heavy atom. The molecule has 3 N–H and O–H groups in total. The number of sulfone groups is 1. The van der Waals surface area contributed by atoms with E-state index in [2.05, 4.69) is 20.2 Å². The van der Waals surface area contributed by atoms with Crippen molar-refractivity contribution < 1.29 is 17.5 Å². The molecule has 4 heterocycles. The minimum atomic E-state index is -3.12. The highest BCUT2D eigenvalue weighted by atomic mass is 35.5. The number of halogens is 3. The fourth-order valence-electron chi connectivity index (χ4n) is 4.56. The van der Waals surface area contributed by atoms with Gasteiger partial charge in [-0.15, -0.1) is 0 Å². The van der Waals surface area contributed by atoms with Gasteiger partial charge in [0, 0.05) is 54.4 Å². The van der Waals surface area contributed by atoms with E-state index in [1.165, 1.54) is 24.7 Å². The van der Waals surface area contributed by atoms with Gasteiger partial charge in [-0.05, 0) is 37.6 Å². The molecule has 5 rings (SSSR count). The number of pyridine rings is 2. The van der Waals surface area contributed by atoms with Gasteiger partial charge in [0.1, 0.15) is 27.4 Å². The van der Waals surface area contributed by atoms with E-state index in [1.807, 2.05) is 13.0 Å². The number of ether oxygens (including phenoxy) is 1. The normalized spacial score (nSPS) is 15.9. The van der Waals surface area contributed by atoms with Gasteiger partial charge in [0.2, 0.25) is 0 Å². The summed E-state index contributed by atoms with van der Waals surface area (Å²) in [6, 6.07) is 6.79. The van der Waals surface area contributed by atoms with Gasteiger partial charge < -0.3 is 15.4 Å². The Kier molecular flexibility index (Phi) is 6.97. The summed E-state index contributed by atoms with van der Waals surface area (Å²) >= 11 is 12.5. The predicted octanol–water partition coefficient (Wildman–Crippen LogP) is 4.56. The third-order valence-corrected chi connectivity index (χ3v) is 8.07. The third-order valence-electron chi connectivity index (χ3n) is 6.52. The number of aromatic amines is 1. The van der Waals surface area contributed by atoms with Crippen molar-refractivity contribution in [2.75, 3.05) is 30.0 Å². The second-order valence-corrected chi connectivity index (χ2v) is 12.8. The number of nitrogens with zero attached hydrogens (tertiary/aromatic N) is 4. The van der Waals surface area contributed by atoms with Crippen LogP contribution in [0.1, 0.15) is 25.0 Å². The quantitative estimate of drug-likeness (QED) is 0.311. The van der Waals surface area contributed by atoms with Crippen LogP contribution >= 0.6 is 23.2 Å². The van der Waals surface area contributed by atoms with Crippen molar-refractivity contribution in [1.29, 1.82) is 0 Å². The van der Waals surface area contributed by atoms with E-state index in [-0.39, 0.29) is 11.6 Å². The van der Waals surface area contributed by atoms with E-state index < -0.39 is 27.3 Å². The molecule has 1 aliphatic rings. The number of nitrogens with two attached hydrogens (primary N) is 1. The Morgan fingerprint density at radius 3 is 2.58 bits per heavy atom. The first-order valence-corrected chi connectivity index (χ1v) is 14.6. The molecule has 0 spiro atoms. The van der Waals surface area contributed by atoms with Crippen LogP contribution in [0.15, 0.2) is 42.9 Å². The van der Waals surface area contributed by atoms with Crippen molar-refractivity contribution in [3.63, 3.8) is 0 Å². The minimum Gasteiger partial charge on any atom is -0.486 e. The molecule has 0 saturated carbocycles. The van der Waals surface area contributed by atoms with Crippen LogP contribution in [0.5, 0.6) is 5.75 Å². The first kappa shape index (κ1) is 26.6. The molecular weight excluding hydrogens is 554 g/mol. The van der Waals surface area contributed by atoms with Crippen molar-refractivity contribution in [3.8, 4) is 17.0 Å². The molecule has 0 aliphatic carbocycles. The van der Waals surface area contributed by atoms with E-state index in [1.54, 1.807) is 23.2 Å². The van der Waals surface area contributed by atoms with Crippen LogP contribution in [-0.2, 0) is 9.84 Å².